The standard InChI is InChI=1S/C18H26N2O3S/c1-2-16(15-8-4-3-5-9-15)17-10-6-12-20(17)18(21)14-19-11-7-13-24(19,22)23/h3-5,8-9,16-17H,2,6-7,10-14H2,1H3/t16-,17+/m0/s1. The van der Waals surface area contributed by atoms with Gasteiger partial charge in [0.05, 0.1) is 12.3 Å². The van der Waals surface area contributed by atoms with Crippen LogP contribution in [0.2, 0.25) is 0 Å². The van der Waals surface area contributed by atoms with Crippen molar-refractivity contribution in [1.29, 1.82) is 0 Å². The molecule has 0 radical (unpaired) electrons. The Kier molecular flexibility index (Phi) is 5.25. The molecule has 0 saturated carbocycles. The Hall–Kier alpha value is -1.40. The van der Waals surface area contributed by atoms with Gasteiger partial charge in [-0.05, 0) is 31.2 Å². The molecule has 0 spiro atoms. The van der Waals surface area contributed by atoms with Gasteiger partial charge in [-0.1, -0.05) is 37.3 Å². The maximum atomic E-state index is 12.8. The van der Waals surface area contributed by atoms with Crippen LogP contribution in [0.25, 0.3) is 0 Å². The Bertz CT molecular complexity index is 675. The maximum absolute atomic E-state index is 12.8. The predicted octanol–water partition coefficient (Wildman–Crippen LogP) is 2.21. The highest BCUT2D eigenvalue weighted by Gasteiger charge is 2.37. The lowest BCUT2D eigenvalue weighted by atomic mass is 9.87. The summed E-state index contributed by atoms with van der Waals surface area (Å²) < 4.78 is 25.3. The largest absolute Gasteiger partial charge is 0.338 e. The monoisotopic (exact) mass is 350 g/mol. The molecule has 6 heteroatoms. The van der Waals surface area contributed by atoms with Crippen molar-refractivity contribution >= 4 is 15.9 Å². The van der Waals surface area contributed by atoms with Gasteiger partial charge >= 0.3 is 0 Å². The number of nitrogens with zero attached hydrogens (tertiary/aromatic N) is 2. The lowest BCUT2D eigenvalue weighted by molar-refractivity contribution is -0.132. The molecule has 132 valence electrons. The number of amides is 1. The summed E-state index contributed by atoms with van der Waals surface area (Å²) in [6.07, 6.45) is 3.58. The zero-order valence-electron chi connectivity index (χ0n) is 14.2. The molecule has 24 heavy (non-hydrogen) atoms. The van der Waals surface area contributed by atoms with E-state index < -0.39 is 10.0 Å². The van der Waals surface area contributed by atoms with E-state index in [1.165, 1.54) is 9.87 Å². The molecule has 2 aliphatic rings. The number of benzene rings is 1. The van der Waals surface area contributed by atoms with Gasteiger partial charge in [-0.25, -0.2) is 8.42 Å². The van der Waals surface area contributed by atoms with Gasteiger partial charge in [0.2, 0.25) is 15.9 Å². The summed E-state index contributed by atoms with van der Waals surface area (Å²) in [5.74, 6) is 0.441. The minimum Gasteiger partial charge on any atom is -0.338 e. The van der Waals surface area contributed by atoms with E-state index >= 15 is 0 Å². The van der Waals surface area contributed by atoms with Crippen molar-refractivity contribution < 1.29 is 13.2 Å². The fourth-order valence-electron chi connectivity index (χ4n) is 4.06. The molecule has 2 saturated heterocycles. The molecule has 3 rings (SSSR count). The summed E-state index contributed by atoms with van der Waals surface area (Å²) >= 11 is 0. The Morgan fingerprint density at radius 3 is 2.58 bits per heavy atom. The number of sulfonamides is 1. The summed E-state index contributed by atoms with van der Waals surface area (Å²) in [5, 5.41) is 0. The van der Waals surface area contributed by atoms with E-state index in [1.807, 2.05) is 23.1 Å². The summed E-state index contributed by atoms with van der Waals surface area (Å²) in [4.78, 5) is 14.7. The molecule has 5 nitrogen and oxygen atoms in total. The molecule has 2 fully saturated rings. The van der Waals surface area contributed by atoms with Crippen LogP contribution in [0.3, 0.4) is 0 Å². The second-order valence-electron chi connectivity index (χ2n) is 6.73. The number of carbonyl (C=O) groups is 1. The number of rotatable bonds is 5. The molecule has 2 aliphatic heterocycles. The van der Waals surface area contributed by atoms with E-state index in [2.05, 4.69) is 19.1 Å². The number of hydrogen-bond donors (Lipinski definition) is 0. The first-order chi connectivity index (χ1) is 11.5. The van der Waals surface area contributed by atoms with E-state index in [4.69, 9.17) is 0 Å². The topological polar surface area (TPSA) is 57.7 Å². The first-order valence-corrected chi connectivity index (χ1v) is 10.5. The van der Waals surface area contributed by atoms with Crippen molar-refractivity contribution in [3.63, 3.8) is 0 Å². The van der Waals surface area contributed by atoms with Crippen molar-refractivity contribution in [3.05, 3.63) is 35.9 Å². The Labute approximate surface area is 144 Å². The minimum atomic E-state index is -3.22. The minimum absolute atomic E-state index is 0.00403. The molecule has 2 heterocycles. The lowest BCUT2D eigenvalue weighted by Gasteiger charge is -2.32. The van der Waals surface area contributed by atoms with E-state index in [0.29, 0.717) is 18.9 Å². The van der Waals surface area contributed by atoms with Crippen LogP contribution in [-0.4, -0.2) is 55.0 Å². The SMILES string of the molecule is CC[C@@H](c1ccccc1)[C@H]1CCCN1C(=O)CN1CCCS1(=O)=O. The smallest absolute Gasteiger partial charge is 0.238 e. The van der Waals surface area contributed by atoms with E-state index in [9.17, 15) is 13.2 Å². The fraction of sp³-hybridized carbons (Fsp3) is 0.611. The predicted molar refractivity (Wildman–Crippen MR) is 94.2 cm³/mol. The van der Waals surface area contributed by atoms with Crippen LogP contribution in [0.15, 0.2) is 30.3 Å². The number of likely N-dealkylation sites (tertiary alicyclic amines) is 1. The molecule has 0 unspecified atom stereocenters. The average Bonchev–Trinajstić information content (AvgIpc) is 3.16. The van der Waals surface area contributed by atoms with Crippen molar-refractivity contribution in [3.8, 4) is 0 Å². The second-order valence-corrected chi connectivity index (χ2v) is 8.81. The van der Waals surface area contributed by atoms with Crippen molar-refractivity contribution in [1.82, 2.24) is 9.21 Å². The van der Waals surface area contributed by atoms with Gasteiger partial charge < -0.3 is 4.90 Å². The highest BCUT2D eigenvalue weighted by Crippen LogP contribution is 2.33. The third-order valence-corrected chi connectivity index (χ3v) is 7.17. The molecule has 1 aromatic carbocycles. The van der Waals surface area contributed by atoms with Crippen LogP contribution >= 0.6 is 0 Å². The van der Waals surface area contributed by atoms with E-state index in [-0.39, 0.29) is 24.2 Å². The first-order valence-electron chi connectivity index (χ1n) is 8.85. The highest BCUT2D eigenvalue weighted by molar-refractivity contribution is 7.89. The van der Waals surface area contributed by atoms with Crippen LogP contribution in [0.1, 0.15) is 44.1 Å². The normalized spacial score (nSPS) is 25.0. The zero-order valence-corrected chi connectivity index (χ0v) is 15.0. The number of hydrogen-bond acceptors (Lipinski definition) is 3. The third kappa shape index (κ3) is 3.49. The van der Waals surface area contributed by atoms with Gasteiger partial charge in [0, 0.05) is 25.0 Å². The molecule has 0 N–H and O–H groups in total. The van der Waals surface area contributed by atoms with Gasteiger partial charge in [0.25, 0.3) is 0 Å². The van der Waals surface area contributed by atoms with Gasteiger partial charge in [-0.15, -0.1) is 0 Å². The molecular formula is C18H26N2O3S. The van der Waals surface area contributed by atoms with Crippen LogP contribution in [0.5, 0.6) is 0 Å². The van der Waals surface area contributed by atoms with Gasteiger partial charge in [0.15, 0.2) is 0 Å². The van der Waals surface area contributed by atoms with Crippen LogP contribution < -0.4 is 0 Å². The van der Waals surface area contributed by atoms with Crippen molar-refractivity contribution in [2.24, 2.45) is 0 Å². The van der Waals surface area contributed by atoms with Gasteiger partial charge in [0.1, 0.15) is 0 Å². The molecule has 2 atom stereocenters. The molecule has 1 aromatic rings. The zero-order chi connectivity index (χ0) is 17.2. The highest BCUT2D eigenvalue weighted by atomic mass is 32.2. The van der Waals surface area contributed by atoms with Crippen LogP contribution in [0, 0.1) is 0 Å². The summed E-state index contributed by atoms with van der Waals surface area (Å²) in [6.45, 7) is 3.37. The summed E-state index contributed by atoms with van der Waals surface area (Å²) in [6, 6.07) is 10.5. The quantitative estimate of drug-likeness (QED) is 0.818. The van der Waals surface area contributed by atoms with Crippen molar-refractivity contribution in [2.45, 2.75) is 44.6 Å². The Balaban J connectivity index is 1.74. The molecule has 0 aliphatic carbocycles. The molecule has 1 amide bonds. The molecular weight excluding hydrogens is 324 g/mol. The lowest BCUT2D eigenvalue weighted by Crippen LogP contribution is -2.45. The molecule has 0 bridgehead atoms. The van der Waals surface area contributed by atoms with E-state index in [1.54, 1.807) is 0 Å². The van der Waals surface area contributed by atoms with Gasteiger partial charge in [-0.2, -0.15) is 4.31 Å². The van der Waals surface area contributed by atoms with Crippen molar-refractivity contribution in [2.75, 3.05) is 25.4 Å². The fourth-order valence-corrected chi connectivity index (χ4v) is 5.53. The maximum Gasteiger partial charge on any atom is 0.238 e. The van der Waals surface area contributed by atoms with Gasteiger partial charge in [-0.3, -0.25) is 4.79 Å². The number of carbonyl (C=O) groups excluding carboxylic acids is 1. The third-order valence-electron chi connectivity index (χ3n) is 5.27. The Morgan fingerprint density at radius 1 is 1.21 bits per heavy atom. The average molecular weight is 350 g/mol. The molecule has 0 aromatic heterocycles. The second kappa shape index (κ2) is 7.23. The van der Waals surface area contributed by atoms with Crippen LogP contribution in [-0.2, 0) is 14.8 Å². The van der Waals surface area contributed by atoms with E-state index in [0.717, 1.165) is 25.8 Å². The Morgan fingerprint density at radius 2 is 1.96 bits per heavy atom. The van der Waals surface area contributed by atoms with Crippen LogP contribution in [0.4, 0.5) is 0 Å². The summed E-state index contributed by atoms with van der Waals surface area (Å²) in [5.41, 5.74) is 1.26. The summed E-state index contributed by atoms with van der Waals surface area (Å²) in [7, 11) is -3.22. The first kappa shape index (κ1) is 17.4.